The fourth-order valence-electron chi connectivity index (χ4n) is 1.54. The third kappa shape index (κ3) is 1.94. The summed E-state index contributed by atoms with van der Waals surface area (Å²) in [6, 6.07) is 3.86. The smallest absolute Gasteiger partial charge is 0.144 e. The van der Waals surface area contributed by atoms with Crippen molar-refractivity contribution in [2.24, 2.45) is 0 Å². The summed E-state index contributed by atoms with van der Waals surface area (Å²) in [6.45, 7) is 5.27. The highest BCUT2D eigenvalue weighted by atomic mass is 35.5. The monoisotopic (exact) mass is 239 g/mol. The van der Waals surface area contributed by atoms with Crippen LogP contribution in [0.3, 0.4) is 0 Å². The van der Waals surface area contributed by atoms with Crippen LogP contribution in [0.15, 0.2) is 6.07 Å². The first-order chi connectivity index (χ1) is 7.35. The van der Waals surface area contributed by atoms with E-state index in [-0.39, 0.29) is 10.8 Å². The van der Waals surface area contributed by atoms with Crippen molar-refractivity contribution in [1.29, 1.82) is 5.26 Å². The number of nitrogens with zero attached hydrogens (tertiary/aromatic N) is 1. The number of nitriles is 1. The van der Waals surface area contributed by atoms with E-state index in [0.29, 0.717) is 11.3 Å². The predicted molar refractivity (Wildman–Crippen MR) is 63.0 cm³/mol. The summed E-state index contributed by atoms with van der Waals surface area (Å²) < 4.78 is 5.08. The van der Waals surface area contributed by atoms with Gasteiger partial charge in [0.15, 0.2) is 0 Å². The van der Waals surface area contributed by atoms with Crippen LogP contribution in [0.4, 0.5) is 0 Å². The Kier molecular flexibility index (Phi) is 3.35. The Balaban J connectivity index is 3.53. The molecule has 86 valence electrons. The van der Waals surface area contributed by atoms with Crippen molar-refractivity contribution in [2.75, 3.05) is 7.11 Å². The summed E-state index contributed by atoms with van der Waals surface area (Å²) in [5, 5.41) is 19.1. The van der Waals surface area contributed by atoms with Gasteiger partial charge in [0.1, 0.15) is 16.5 Å². The van der Waals surface area contributed by atoms with Crippen LogP contribution in [0, 0.1) is 18.3 Å². The Morgan fingerprint density at radius 3 is 2.50 bits per heavy atom. The summed E-state index contributed by atoms with van der Waals surface area (Å²) in [5.41, 5.74) is 0.520. The van der Waals surface area contributed by atoms with Gasteiger partial charge in [-0.1, -0.05) is 11.6 Å². The molecule has 0 saturated heterocycles. The van der Waals surface area contributed by atoms with Crippen molar-refractivity contribution in [3.63, 3.8) is 0 Å². The Bertz CT molecular complexity index is 461. The zero-order valence-corrected chi connectivity index (χ0v) is 10.5. The van der Waals surface area contributed by atoms with Gasteiger partial charge in [-0.15, -0.1) is 0 Å². The van der Waals surface area contributed by atoms with Gasteiger partial charge in [0.25, 0.3) is 0 Å². The SMILES string of the molecule is COc1c(C)cc(C(C)(C)C#N)c(O)c1Cl. The molecule has 1 aromatic carbocycles. The second-order valence-electron chi connectivity index (χ2n) is 4.17. The highest BCUT2D eigenvalue weighted by Gasteiger charge is 2.27. The zero-order valence-electron chi connectivity index (χ0n) is 9.76. The summed E-state index contributed by atoms with van der Waals surface area (Å²) >= 11 is 5.98. The van der Waals surface area contributed by atoms with Gasteiger partial charge in [-0.3, -0.25) is 0 Å². The Labute approximate surface area is 100 Å². The highest BCUT2D eigenvalue weighted by Crippen LogP contribution is 2.43. The van der Waals surface area contributed by atoms with Gasteiger partial charge in [-0.05, 0) is 32.4 Å². The summed E-state index contributed by atoms with van der Waals surface area (Å²) in [6.07, 6.45) is 0. The normalized spacial score (nSPS) is 11.0. The average molecular weight is 240 g/mol. The molecule has 0 aliphatic carbocycles. The molecule has 0 bridgehead atoms. The maximum atomic E-state index is 9.94. The molecule has 4 heteroatoms. The number of phenols is 1. The number of halogens is 1. The standard InChI is InChI=1S/C12H14ClNO2/c1-7-5-8(12(2,3)6-14)10(15)9(13)11(7)16-4/h5,15H,1-4H3. The Morgan fingerprint density at radius 1 is 1.50 bits per heavy atom. The van der Waals surface area contributed by atoms with E-state index >= 15 is 0 Å². The predicted octanol–water partition coefficient (Wildman–Crippen LogP) is 3.16. The maximum Gasteiger partial charge on any atom is 0.144 e. The molecular formula is C12H14ClNO2. The summed E-state index contributed by atoms with van der Waals surface area (Å²) in [4.78, 5) is 0. The molecule has 0 aromatic heterocycles. The number of rotatable bonds is 2. The quantitative estimate of drug-likeness (QED) is 0.863. The van der Waals surface area contributed by atoms with E-state index in [0.717, 1.165) is 5.56 Å². The maximum absolute atomic E-state index is 9.94. The average Bonchev–Trinajstić information content (AvgIpc) is 2.24. The molecule has 0 atom stereocenters. The van der Waals surface area contributed by atoms with E-state index < -0.39 is 5.41 Å². The first-order valence-electron chi connectivity index (χ1n) is 4.83. The van der Waals surface area contributed by atoms with Crippen molar-refractivity contribution in [2.45, 2.75) is 26.2 Å². The van der Waals surface area contributed by atoms with Crippen LogP contribution in [-0.4, -0.2) is 12.2 Å². The zero-order chi connectivity index (χ0) is 12.5. The summed E-state index contributed by atoms with van der Waals surface area (Å²) in [7, 11) is 1.49. The van der Waals surface area contributed by atoms with Gasteiger partial charge in [0.05, 0.1) is 18.6 Å². The molecule has 0 aliphatic rings. The van der Waals surface area contributed by atoms with Crippen LogP contribution in [-0.2, 0) is 5.41 Å². The third-order valence-corrected chi connectivity index (χ3v) is 2.89. The van der Waals surface area contributed by atoms with Gasteiger partial charge in [0, 0.05) is 5.56 Å². The largest absolute Gasteiger partial charge is 0.506 e. The number of aromatic hydroxyl groups is 1. The molecule has 1 N–H and O–H groups in total. The number of benzene rings is 1. The lowest BCUT2D eigenvalue weighted by molar-refractivity contribution is 0.401. The molecule has 1 aromatic rings. The van der Waals surface area contributed by atoms with Gasteiger partial charge >= 0.3 is 0 Å². The number of hydrogen-bond acceptors (Lipinski definition) is 3. The van der Waals surface area contributed by atoms with Crippen molar-refractivity contribution >= 4 is 11.6 Å². The molecule has 0 heterocycles. The lowest BCUT2D eigenvalue weighted by atomic mass is 9.84. The second-order valence-corrected chi connectivity index (χ2v) is 4.55. The molecule has 1 rings (SSSR count). The van der Waals surface area contributed by atoms with Crippen LogP contribution in [0.2, 0.25) is 5.02 Å². The minimum atomic E-state index is -0.787. The van der Waals surface area contributed by atoms with Crippen LogP contribution < -0.4 is 4.74 Å². The van der Waals surface area contributed by atoms with Crippen molar-refractivity contribution in [3.8, 4) is 17.6 Å². The first kappa shape index (κ1) is 12.7. The van der Waals surface area contributed by atoms with Crippen LogP contribution >= 0.6 is 11.6 Å². The molecule has 3 nitrogen and oxygen atoms in total. The lowest BCUT2D eigenvalue weighted by Crippen LogP contribution is -2.14. The number of methoxy groups -OCH3 is 1. The molecule has 0 fully saturated rings. The van der Waals surface area contributed by atoms with E-state index in [4.69, 9.17) is 21.6 Å². The number of ether oxygens (including phenoxy) is 1. The van der Waals surface area contributed by atoms with E-state index in [1.54, 1.807) is 19.9 Å². The van der Waals surface area contributed by atoms with Gasteiger partial charge in [-0.2, -0.15) is 5.26 Å². The summed E-state index contributed by atoms with van der Waals surface area (Å²) in [5.74, 6) is 0.354. The van der Waals surface area contributed by atoms with Crippen molar-refractivity contribution in [3.05, 3.63) is 22.2 Å². The molecule has 0 saturated carbocycles. The van der Waals surface area contributed by atoms with Crippen LogP contribution in [0.5, 0.6) is 11.5 Å². The van der Waals surface area contributed by atoms with E-state index in [9.17, 15) is 5.11 Å². The highest BCUT2D eigenvalue weighted by molar-refractivity contribution is 6.33. The fourth-order valence-corrected chi connectivity index (χ4v) is 1.86. The first-order valence-corrected chi connectivity index (χ1v) is 5.20. The van der Waals surface area contributed by atoms with E-state index in [1.165, 1.54) is 7.11 Å². The molecule has 0 amide bonds. The number of hydrogen-bond donors (Lipinski definition) is 1. The van der Waals surface area contributed by atoms with Crippen molar-refractivity contribution in [1.82, 2.24) is 0 Å². The minimum absolute atomic E-state index is 0.0873. The molecule has 0 spiro atoms. The van der Waals surface area contributed by atoms with Gasteiger partial charge in [0.2, 0.25) is 0 Å². The molecule has 0 unspecified atom stereocenters. The number of aryl methyl sites for hydroxylation is 1. The Hall–Kier alpha value is -1.40. The van der Waals surface area contributed by atoms with Crippen LogP contribution in [0.1, 0.15) is 25.0 Å². The van der Waals surface area contributed by atoms with Gasteiger partial charge < -0.3 is 9.84 Å². The molecule has 0 radical (unpaired) electrons. The van der Waals surface area contributed by atoms with Crippen molar-refractivity contribution < 1.29 is 9.84 Å². The molecule has 16 heavy (non-hydrogen) atoms. The lowest BCUT2D eigenvalue weighted by Gasteiger charge is -2.20. The third-order valence-electron chi connectivity index (χ3n) is 2.54. The van der Waals surface area contributed by atoms with Crippen LogP contribution in [0.25, 0.3) is 0 Å². The number of phenolic OH excluding ortho intramolecular Hbond substituents is 1. The van der Waals surface area contributed by atoms with Gasteiger partial charge in [-0.25, -0.2) is 0 Å². The van der Waals surface area contributed by atoms with E-state index in [2.05, 4.69) is 6.07 Å². The Morgan fingerprint density at radius 2 is 2.06 bits per heavy atom. The van der Waals surface area contributed by atoms with E-state index in [1.807, 2.05) is 6.92 Å². The fraction of sp³-hybridized carbons (Fsp3) is 0.417. The second kappa shape index (κ2) is 4.23. The minimum Gasteiger partial charge on any atom is -0.506 e. The topological polar surface area (TPSA) is 53.2 Å². The molecular weight excluding hydrogens is 226 g/mol. The molecule has 0 aliphatic heterocycles.